The first-order chi connectivity index (χ1) is 7.29. The maximum Gasteiger partial charge on any atom is 0.0672 e. The Morgan fingerprint density at radius 2 is 2.40 bits per heavy atom. The summed E-state index contributed by atoms with van der Waals surface area (Å²) < 4.78 is 5.41. The first-order valence-electron chi connectivity index (χ1n) is 5.87. The maximum absolute atomic E-state index is 5.41. The average molecular weight is 209 g/mol. The Hall–Kier alpha value is -0.600. The Kier molecular flexibility index (Phi) is 6.37. The van der Waals surface area contributed by atoms with Gasteiger partial charge >= 0.3 is 0 Å². The van der Waals surface area contributed by atoms with Gasteiger partial charge in [0.1, 0.15) is 0 Å². The third-order valence-corrected chi connectivity index (χ3v) is 2.58. The zero-order valence-corrected chi connectivity index (χ0v) is 9.80. The molecule has 0 heterocycles. The normalized spacial score (nSPS) is 20.5. The summed E-state index contributed by atoms with van der Waals surface area (Å²) in [6.07, 6.45) is 8.40. The van der Waals surface area contributed by atoms with Crippen molar-refractivity contribution in [3.05, 3.63) is 24.3 Å². The van der Waals surface area contributed by atoms with Crippen LogP contribution in [0.4, 0.5) is 0 Å². The van der Waals surface area contributed by atoms with Crippen LogP contribution in [0.3, 0.4) is 0 Å². The number of hydrogen-bond acceptors (Lipinski definition) is 2. The third-order valence-electron chi connectivity index (χ3n) is 2.58. The second kappa shape index (κ2) is 7.66. The minimum Gasteiger partial charge on any atom is -0.376 e. The van der Waals surface area contributed by atoms with Crippen LogP contribution in [0, 0.1) is 5.92 Å². The Labute approximate surface area is 93.4 Å². The van der Waals surface area contributed by atoms with Crippen LogP contribution in [0.2, 0.25) is 0 Å². The molecule has 0 aromatic carbocycles. The molecule has 0 aliphatic heterocycles. The van der Waals surface area contributed by atoms with E-state index in [1.54, 1.807) is 0 Å². The molecule has 2 heteroatoms. The van der Waals surface area contributed by atoms with Crippen molar-refractivity contribution >= 4 is 0 Å². The van der Waals surface area contributed by atoms with Gasteiger partial charge in [-0.05, 0) is 38.6 Å². The minimum atomic E-state index is 0.688. The molecule has 2 nitrogen and oxygen atoms in total. The van der Waals surface area contributed by atoms with Crippen LogP contribution >= 0.6 is 0 Å². The van der Waals surface area contributed by atoms with Crippen molar-refractivity contribution in [1.82, 2.24) is 5.32 Å². The lowest BCUT2D eigenvalue weighted by atomic mass is 9.94. The summed E-state index contributed by atoms with van der Waals surface area (Å²) in [4.78, 5) is 0. The van der Waals surface area contributed by atoms with Gasteiger partial charge in [0, 0.05) is 6.54 Å². The molecule has 0 amide bonds. The fraction of sp³-hybridized carbons (Fsp3) is 0.692. The zero-order chi connectivity index (χ0) is 10.9. The van der Waals surface area contributed by atoms with Crippen LogP contribution in [-0.4, -0.2) is 26.3 Å². The van der Waals surface area contributed by atoms with Gasteiger partial charge in [-0.1, -0.05) is 24.3 Å². The van der Waals surface area contributed by atoms with Crippen molar-refractivity contribution < 1.29 is 4.74 Å². The van der Waals surface area contributed by atoms with Crippen molar-refractivity contribution in [2.24, 2.45) is 5.92 Å². The molecule has 1 unspecified atom stereocenters. The van der Waals surface area contributed by atoms with Gasteiger partial charge in [-0.2, -0.15) is 0 Å². The predicted molar refractivity (Wildman–Crippen MR) is 65.0 cm³/mol. The van der Waals surface area contributed by atoms with E-state index in [9.17, 15) is 0 Å². The monoisotopic (exact) mass is 209 g/mol. The van der Waals surface area contributed by atoms with E-state index >= 15 is 0 Å². The fourth-order valence-corrected chi connectivity index (χ4v) is 1.74. The molecular weight excluding hydrogens is 186 g/mol. The van der Waals surface area contributed by atoms with Crippen molar-refractivity contribution in [2.45, 2.75) is 26.2 Å². The van der Waals surface area contributed by atoms with E-state index in [0.717, 1.165) is 31.2 Å². The largest absolute Gasteiger partial charge is 0.376 e. The Bertz CT molecular complexity index is 211. The Morgan fingerprint density at radius 3 is 3.07 bits per heavy atom. The first-order valence-corrected chi connectivity index (χ1v) is 5.87. The van der Waals surface area contributed by atoms with Gasteiger partial charge in [-0.3, -0.25) is 0 Å². The summed E-state index contributed by atoms with van der Waals surface area (Å²) in [7, 11) is 0. The molecule has 0 saturated carbocycles. The average Bonchev–Trinajstić information content (AvgIpc) is 2.24. The molecule has 1 atom stereocenters. The van der Waals surface area contributed by atoms with E-state index in [1.807, 2.05) is 6.92 Å². The summed E-state index contributed by atoms with van der Waals surface area (Å²) in [6, 6.07) is 0. The van der Waals surface area contributed by atoms with Crippen LogP contribution in [0.25, 0.3) is 0 Å². The van der Waals surface area contributed by atoms with Gasteiger partial charge in [-0.25, -0.2) is 0 Å². The van der Waals surface area contributed by atoms with Gasteiger partial charge in [0.05, 0.1) is 13.2 Å². The first kappa shape index (κ1) is 12.5. The molecule has 1 N–H and O–H groups in total. The second-order valence-electron chi connectivity index (χ2n) is 4.36. The van der Waals surface area contributed by atoms with E-state index in [2.05, 4.69) is 24.0 Å². The number of allylic oxidation sites excluding steroid dienone is 2. The molecule has 0 spiro atoms. The maximum atomic E-state index is 5.41. The van der Waals surface area contributed by atoms with E-state index in [1.165, 1.54) is 19.3 Å². The highest BCUT2D eigenvalue weighted by atomic mass is 16.5. The van der Waals surface area contributed by atoms with Crippen molar-refractivity contribution in [1.29, 1.82) is 0 Å². The molecule has 0 saturated heterocycles. The van der Waals surface area contributed by atoms with E-state index in [-0.39, 0.29) is 0 Å². The molecule has 0 fully saturated rings. The molecular formula is C13H23NO. The van der Waals surface area contributed by atoms with Crippen molar-refractivity contribution in [3.63, 3.8) is 0 Å². The van der Waals surface area contributed by atoms with Gasteiger partial charge in [0.25, 0.3) is 0 Å². The van der Waals surface area contributed by atoms with Gasteiger partial charge in [-0.15, -0.1) is 0 Å². The van der Waals surface area contributed by atoms with Gasteiger partial charge in [0.15, 0.2) is 0 Å². The topological polar surface area (TPSA) is 21.3 Å². The number of nitrogens with one attached hydrogen (secondary N) is 1. The number of hydrogen-bond donors (Lipinski definition) is 1. The van der Waals surface area contributed by atoms with Crippen LogP contribution in [0.5, 0.6) is 0 Å². The smallest absolute Gasteiger partial charge is 0.0672 e. The molecule has 0 bridgehead atoms. The predicted octanol–water partition coefficient (Wildman–Crippen LogP) is 2.53. The number of ether oxygens (including phenoxy) is 1. The van der Waals surface area contributed by atoms with Crippen LogP contribution in [0.15, 0.2) is 24.3 Å². The van der Waals surface area contributed by atoms with Crippen molar-refractivity contribution in [2.75, 3.05) is 26.3 Å². The van der Waals surface area contributed by atoms with Crippen LogP contribution in [-0.2, 0) is 4.74 Å². The highest BCUT2D eigenvalue weighted by molar-refractivity contribution is 4.90. The lowest BCUT2D eigenvalue weighted by molar-refractivity contribution is 0.156. The summed E-state index contributed by atoms with van der Waals surface area (Å²) in [6.45, 7) is 9.33. The molecule has 0 radical (unpaired) electrons. The molecule has 1 aliphatic carbocycles. The van der Waals surface area contributed by atoms with E-state index in [0.29, 0.717) is 6.61 Å². The molecule has 0 aromatic heterocycles. The van der Waals surface area contributed by atoms with Crippen LogP contribution in [0.1, 0.15) is 26.2 Å². The van der Waals surface area contributed by atoms with E-state index < -0.39 is 0 Å². The molecule has 1 rings (SSSR count). The van der Waals surface area contributed by atoms with E-state index in [4.69, 9.17) is 4.74 Å². The van der Waals surface area contributed by atoms with Gasteiger partial charge < -0.3 is 10.1 Å². The lowest BCUT2D eigenvalue weighted by Crippen LogP contribution is -2.27. The highest BCUT2D eigenvalue weighted by Gasteiger charge is 2.08. The quantitative estimate of drug-likeness (QED) is 0.514. The standard InChI is InChI=1S/C13H23NO/c1-12(2)11-15-9-8-14-10-13-6-4-3-5-7-13/h3-4,13-14H,1,5-11H2,2H3. The number of rotatable bonds is 7. The lowest BCUT2D eigenvalue weighted by Gasteiger charge is -2.18. The van der Waals surface area contributed by atoms with Crippen molar-refractivity contribution in [3.8, 4) is 0 Å². The molecule has 0 aromatic rings. The fourth-order valence-electron chi connectivity index (χ4n) is 1.74. The molecule has 15 heavy (non-hydrogen) atoms. The second-order valence-corrected chi connectivity index (χ2v) is 4.36. The molecule has 86 valence electrons. The summed E-state index contributed by atoms with van der Waals surface area (Å²) in [5, 5.41) is 3.44. The Balaban J connectivity index is 1.88. The van der Waals surface area contributed by atoms with Crippen LogP contribution < -0.4 is 5.32 Å². The minimum absolute atomic E-state index is 0.688. The molecule has 1 aliphatic rings. The summed E-state index contributed by atoms with van der Waals surface area (Å²) in [5.74, 6) is 0.830. The Morgan fingerprint density at radius 1 is 1.53 bits per heavy atom. The zero-order valence-electron chi connectivity index (χ0n) is 9.80. The highest BCUT2D eigenvalue weighted by Crippen LogP contribution is 2.16. The van der Waals surface area contributed by atoms with Gasteiger partial charge in [0.2, 0.25) is 0 Å². The summed E-state index contributed by atoms with van der Waals surface area (Å²) >= 11 is 0. The summed E-state index contributed by atoms with van der Waals surface area (Å²) in [5.41, 5.74) is 1.09. The SMILES string of the molecule is C=C(C)COCCNCC1CC=CCC1. The third kappa shape index (κ3) is 6.47.